The Labute approximate surface area is 121 Å². The molecule has 0 aliphatic carbocycles. The van der Waals surface area contributed by atoms with Gasteiger partial charge in [-0.15, -0.1) is 0 Å². The van der Waals surface area contributed by atoms with E-state index in [0.29, 0.717) is 16.1 Å². The molecule has 16 heavy (non-hydrogen) atoms. The molecule has 1 nitrogen and oxygen atoms in total. The molecule has 84 valence electrons. The van der Waals surface area contributed by atoms with E-state index in [-0.39, 0.29) is 0 Å². The SMILES string of the molecule is Clc1ccc2c(Br)ccnc2c1C(Cl)(Cl)Cl. The Morgan fingerprint density at radius 1 is 1.12 bits per heavy atom. The molecule has 0 amide bonds. The highest BCUT2D eigenvalue weighted by atomic mass is 79.9. The van der Waals surface area contributed by atoms with E-state index < -0.39 is 3.79 Å². The number of pyridine rings is 1. The topological polar surface area (TPSA) is 12.9 Å². The predicted octanol–water partition coefficient (Wildman–Crippen LogP) is 5.48. The molecule has 0 spiro atoms. The molecule has 0 saturated heterocycles. The number of fused-ring (bicyclic) bond motifs is 1. The lowest BCUT2D eigenvalue weighted by Crippen LogP contribution is -2.03. The first-order valence-corrected chi connectivity index (χ1v) is 6.51. The van der Waals surface area contributed by atoms with Gasteiger partial charge in [0.25, 0.3) is 0 Å². The maximum atomic E-state index is 6.03. The third-order valence-electron chi connectivity index (χ3n) is 2.09. The molecule has 2 rings (SSSR count). The molecule has 6 heteroatoms. The first-order chi connectivity index (χ1) is 7.41. The molecule has 0 bridgehead atoms. The number of aromatic nitrogens is 1. The monoisotopic (exact) mass is 357 g/mol. The number of benzene rings is 1. The molecule has 1 aromatic heterocycles. The van der Waals surface area contributed by atoms with Crippen LogP contribution in [0.4, 0.5) is 0 Å². The fourth-order valence-corrected chi connectivity index (χ4v) is 2.88. The zero-order valence-electron chi connectivity index (χ0n) is 7.65. The maximum Gasteiger partial charge on any atom is 0.219 e. The van der Waals surface area contributed by atoms with Crippen molar-refractivity contribution in [1.29, 1.82) is 0 Å². The Balaban J connectivity index is 2.91. The number of hydrogen-bond donors (Lipinski definition) is 0. The summed E-state index contributed by atoms with van der Waals surface area (Å²) in [5.41, 5.74) is 0.986. The lowest BCUT2D eigenvalue weighted by Gasteiger charge is -2.15. The second kappa shape index (κ2) is 4.51. The Bertz CT molecular complexity index is 550. The van der Waals surface area contributed by atoms with Crippen LogP contribution >= 0.6 is 62.3 Å². The Morgan fingerprint density at radius 2 is 1.81 bits per heavy atom. The molecule has 1 aromatic carbocycles. The molecule has 0 unspecified atom stereocenters. The van der Waals surface area contributed by atoms with Crippen LogP contribution in [0.1, 0.15) is 5.56 Å². The van der Waals surface area contributed by atoms with Crippen molar-refractivity contribution in [2.45, 2.75) is 3.79 Å². The van der Waals surface area contributed by atoms with Gasteiger partial charge in [0.15, 0.2) is 0 Å². The van der Waals surface area contributed by atoms with Crippen molar-refractivity contribution < 1.29 is 0 Å². The predicted molar refractivity (Wildman–Crippen MR) is 73.7 cm³/mol. The molecular weight excluding hydrogens is 356 g/mol. The number of hydrogen-bond acceptors (Lipinski definition) is 1. The molecule has 1 heterocycles. The molecule has 2 aromatic rings. The van der Waals surface area contributed by atoms with Crippen LogP contribution in [0.5, 0.6) is 0 Å². The summed E-state index contributed by atoms with van der Waals surface area (Å²) in [6, 6.07) is 5.33. The van der Waals surface area contributed by atoms with Gasteiger partial charge in [-0.1, -0.05) is 68.4 Å². The van der Waals surface area contributed by atoms with E-state index in [4.69, 9.17) is 46.4 Å². The summed E-state index contributed by atoms with van der Waals surface area (Å²) >= 11 is 27.1. The van der Waals surface area contributed by atoms with Gasteiger partial charge < -0.3 is 0 Å². The standard InChI is InChI=1S/C10H4BrCl4N/c11-6-3-4-16-9-5(6)1-2-7(12)8(9)10(13,14)15/h1-4H. The van der Waals surface area contributed by atoms with Crippen LogP contribution in [-0.2, 0) is 3.79 Å². The third-order valence-corrected chi connectivity index (χ3v) is 3.67. The third kappa shape index (κ3) is 2.27. The van der Waals surface area contributed by atoms with Crippen LogP contribution < -0.4 is 0 Å². The smallest absolute Gasteiger partial charge is 0.219 e. The van der Waals surface area contributed by atoms with Crippen LogP contribution in [0.25, 0.3) is 10.9 Å². The Hall–Kier alpha value is 0.270. The van der Waals surface area contributed by atoms with Gasteiger partial charge in [0, 0.05) is 21.6 Å². The van der Waals surface area contributed by atoms with E-state index >= 15 is 0 Å². The van der Waals surface area contributed by atoms with Crippen LogP contribution in [0.3, 0.4) is 0 Å². The van der Waals surface area contributed by atoms with E-state index in [1.807, 2.05) is 12.1 Å². The number of halogens is 5. The highest BCUT2D eigenvalue weighted by Gasteiger charge is 2.29. The quantitative estimate of drug-likeness (QED) is 0.568. The van der Waals surface area contributed by atoms with Gasteiger partial charge >= 0.3 is 0 Å². The Morgan fingerprint density at radius 3 is 2.44 bits per heavy atom. The molecule has 0 atom stereocenters. The minimum Gasteiger partial charge on any atom is -0.256 e. The van der Waals surface area contributed by atoms with Crippen LogP contribution in [0, 0.1) is 0 Å². The van der Waals surface area contributed by atoms with Crippen LogP contribution in [0.2, 0.25) is 5.02 Å². The number of nitrogens with zero attached hydrogens (tertiary/aromatic N) is 1. The summed E-state index contributed by atoms with van der Waals surface area (Å²) < 4.78 is -0.714. The number of alkyl halides is 3. The minimum atomic E-state index is -1.59. The fourth-order valence-electron chi connectivity index (χ4n) is 1.43. The van der Waals surface area contributed by atoms with E-state index in [1.54, 1.807) is 12.3 Å². The van der Waals surface area contributed by atoms with Crippen molar-refractivity contribution in [3.63, 3.8) is 0 Å². The average Bonchev–Trinajstić information content (AvgIpc) is 2.15. The molecule has 0 aliphatic rings. The van der Waals surface area contributed by atoms with Crippen molar-refractivity contribution >= 4 is 73.2 Å². The summed E-state index contributed by atoms with van der Waals surface area (Å²) in [7, 11) is 0. The van der Waals surface area contributed by atoms with Crippen LogP contribution in [0.15, 0.2) is 28.9 Å². The van der Waals surface area contributed by atoms with Crippen molar-refractivity contribution in [3.8, 4) is 0 Å². The second-order valence-corrected chi connectivity index (χ2v) is 6.65. The van der Waals surface area contributed by atoms with Gasteiger partial charge in [0.1, 0.15) is 0 Å². The Kier molecular flexibility index (Phi) is 3.58. The average molecular weight is 360 g/mol. The van der Waals surface area contributed by atoms with Gasteiger partial charge in [-0.05, 0) is 12.1 Å². The molecule has 0 fully saturated rings. The van der Waals surface area contributed by atoms with E-state index in [1.165, 1.54) is 0 Å². The van der Waals surface area contributed by atoms with Gasteiger partial charge in [-0.2, -0.15) is 0 Å². The largest absolute Gasteiger partial charge is 0.256 e. The lowest BCUT2D eigenvalue weighted by molar-refractivity contribution is 1.23. The van der Waals surface area contributed by atoms with E-state index in [0.717, 1.165) is 9.86 Å². The van der Waals surface area contributed by atoms with Gasteiger partial charge in [0.2, 0.25) is 3.79 Å². The zero-order chi connectivity index (χ0) is 11.9. The van der Waals surface area contributed by atoms with Crippen LogP contribution in [-0.4, -0.2) is 4.98 Å². The van der Waals surface area contributed by atoms with Gasteiger partial charge in [0.05, 0.1) is 10.5 Å². The summed E-state index contributed by atoms with van der Waals surface area (Å²) in [6.07, 6.45) is 1.63. The van der Waals surface area contributed by atoms with E-state index in [2.05, 4.69) is 20.9 Å². The van der Waals surface area contributed by atoms with Crippen molar-refractivity contribution in [3.05, 3.63) is 39.5 Å². The van der Waals surface area contributed by atoms with Crippen molar-refractivity contribution in [2.75, 3.05) is 0 Å². The molecule has 0 N–H and O–H groups in total. The normalized spacial score (nSPS) is 12.1. The first-order valence-electron chi connectivity index (χ1n) is 4.21. The molecule has 0 radical (unpaired) electrons. The van der Waals surface area contributed by atoms with E-state index in [9.17, 15) is 0 Å². The second-order valence-electron chi connectivity index (χ2n) is 3.11. The maximum absolute atomic E-state index is 6.03. The minimum absolute atomic E-state index is 0.387. The summed E-state index contributed by atoms with van der Waals surface area (Å²) in [5, 5.41) is 1.24. The van der Waals surface area contributed by atoms with Gasteiger partial charge in [-0.25, -0.2) is 0 Å². The molecule has 0 aliphatic heterocycles. The molecular formula is C10H4BrCl4N. The summed E-state index contributed by atoms with van der Waals surface area (Å²) in [6.45, 7) is 0. The zero-order valence-corrected chi connectivity index (χ0v) is 12.3. The fraction of sp³-hybridized carbons (Fsp3) is 0.100. The number of rotatable bonds is 0. The van der Waals surface area contributed by atoms with Crippen molar-refractivity contribution in [2.24, 2.45) is 0 Å². The molecule has 0 saturated carbocycles. The summed E-state index contributed by atoms with van der Waals surface area (Å²) in [4.78, 5) is 4.20. The lowest BCUT2D eigenvalue weighted by atomic mass is 10.1. The van der Waals surface area contributed by atoms with Crippen molar-refractivity contribution in [1.82, 2.24) is 4.98 Å². The highest BCUT2D eigenvalue weighted by molar-refractivity contribution is 9.10. The van der Waals surface area contributed by atoms with Gasteiger partial charge in [-0.3, -0.25) is 4.98 Å². The first kappa shape index (κ1) is 12.7. The summed E-state index contributed by atoms with van der Waals surface area (Å²) in [5.74, 6) is 0. The highest BCUT2D eigenvalue weighted by Crippen LogP contribution is 2.45.